The molecule has 0 spiro atoms. The summed E-state index contributed by atoms with van der Waals surface area (Å²) in [7, 11) is 0. The molecule has 1 aromatic carbocycles. The van der Waals surface area contributed by atoms with Crippen LogP contribution in [0, 0.1) is 0 Å². The molecule has 0 aliphatic rings. The summed E-state index contributed by atoms with van der Waals surface area (Å²) in [6, 6.07) is 3.53. The van der Waals surface area contributed by atoms with Crippen molar-refractivity contribution in [3.05, 3.63) is 27.7 Å². The summed E-state index contributed by atoms with van der Waals surface area (Å²) in [5.74, 6) is 0.696. The Kier molecular flexibility index (Phi) is 4.71. The summed E-state index contributed by atoms with van der Waals surface area (Å²) in [5, 5.41) is 1.15. The van der Waals surface area contributed by atoms with E-state index in [1.165, 1.54) is 0 Å². The molecule has 0 atom stereocenters. The molecule has 2 N–H and O–H groups in total. The molecule has 84 valence electrons. The number of ether oxygens (including phenoxy) is 1. The maximum absolute atomic E-state index is 6.06. The molecule has 0 aliphatic heterocycles. The van der Waals surface area contributed by atoms with Gasteiger partial charge in [0.25, 0.3) is 0 Å². The highest BCUT2D eigenvalue weighted by molar-refractivity contribution is 6.35. The van der Waals surface area contributed by atoms with Gasteiger partial charge in [0.05, 0.1) is 11.1 Å². The third-order valence-corrected chi connectivity index (χ3v) is 2.35. The highest BCUT2D eigenvalue weighted by Gasteiger charge is 2.11. The van der Waals surface area contributed by atoms with Crippen LogP contribution in [0.1, 0.15) is 19.4 Å². The van der Waals surface area contributed by atoms with Crippen LogP contribution in [0.25, 0.3) is 0 Å². The zero-order chi connectivity index (χ0) is 11.4. The lowest BCUT2D eigenvalue weighted by Gasteiger charge is -2.15. The molecule has 4 heteroatoms. The Labute approximate surface area is 100 Å². The predicted octanol–water partition coefficient (Wildman–Crippen LogP) is 3.28. The van der Waals surface area contributed by atoms with Crippen molar-refractivity contribution in [2.75, 3.05) is 6.54 Å². The van der Waals surface area contributed by atoms with E-state index in [2.05, 4.69) is 0 Å². The van der Waals surface area contributed by atoms with Gasteiger partial charge in [-0.05, 0) is 44.5 Å². The highest BCUT2D eigenvalue weighted by Crippen LogP contribution is 2.33. The molecule has 15 heavy (non-hydrogen) atoms. The van der Waals surface area contributed by atoms with E-state index in [0.717, 1.165) is 5.56 Å². The van der Waals surface area contributed by atoms with Crippen molar-refractivity contribution in [1.29, 1.82) is 0 Å². The summed E-state index contributed by atoms with van der Waals surface area (Å²) in [5.41, 5.74) is 6.48. The summed E-state index contributed by atoms with van der Waals surface area (Å²) >= 11 is 12.0. The SMILES string of the molecule is CC(C)Oc1c(Cl)cc(Cl)cc1CCN. The smallest absolute Gasteiger partial charge is 0.141 e. The second kappa shape index (κ2) is 5.59. The number of nitrogens with two attached hydrogens (primary N) is 1. The molecule has 0 aromatic heterocycles. The highest BCUT2D eigenvalue weighted by atomic mass is 35.5. The first-order valence-electron chi connectivity index (χ1n) is 4.89. The van der Waals surface area contributed by atoms with E-state index in [9.17, 15) is 0 Å². The predicted molar refractivity (Wildman–Crippen MR) is 65.0 cm³/mol. The fourth-order valence-electron chi connectivity index (χ4n) is 1.32. The average Bonchev–Trinajstić information content (AvgIpc) is 2.11. The fourth-order valence-corrected chi connectivity index (χ4v) is 1.90. The normalized spacial score (nSPS) is 10.8. The minimum Gasteiger partial charge on any atom is -0.489 e. The van der Waals surface area contributed by atoms with Gasteiger partial charge in [-0.25, -0.2) is 0 Å². The molecule has 0 radical (unpaired) electrons. The van der Waals surface area contributed by atoms with E-state index >= 15 is 0 Å². The van der Waals surface area contributed by atoms with Crippen molar-refractivity contribution in [2.45, 2.75) is 26.4 Å². The molecular formula is C11H15Cl2NO. The summed E-state index contributed by atoms with van der Waals surface area (Å²) < 4.78 is 5.64. The molecule has 0 saturated heterocycles. The third-order valence-electron chi connectivity index (χ3n) is 1.85. The molecule has 0 unspecified atom stereocenters. The standard InChI is InChI=1S/C11H15Cl2NO/c1-7(2)15-11-8(3-4-14)5-9(12)6-10(11)13/h5-7H,3-4,14H2,1-2H3. The van der Waals surface area contributed by atoms with Crippen LogP contribution in [0.3, 0.4) is 0 Å². The van der Waals surface area contributed by atoms with Crippen LogP contribution in [-0.4, -0.2) is 12.6 Å². The van der Waals surface area contributed by atoms with E-state index in [1.807, 2.05) is 19.9 Å². The summed E-state index contributed by atoms with van der Waals surface area (Å²) in [6.45, 7) is 4.46. The lowest BCUT2D eigenvalue weighted by Crippen LogP contribution is -2.10. The van der Waals surface area contributed by atoms with Gasteiger partial charge in [-0.15, -0.1) is 0 Å². The van der Waals surface area contributed by atoms with E-state index in [4.69, 9.17) is 33.7 Å². The number of halogens is 2. The van der Waals surface area contributed by atoms with Crippen LogP contribution in [0.15, 0.2) is 12.1 Å². The van der Waals surface area contributed by atoms with Gasteiger partial charge in [-0.2, -0.15) is 0 Å². The number of benzene rings is 1. The minimum absolute atomic E-state index is 0.0835. The van der Waals surface area contributed by atoms with Crippen LogP contribution in [0.2, 0.25) is 10.0 Å². The van der Waals surface area contributed by atoms with Gasteiger partial charge >= 0.3 is 0 Å². The molecule has 0 aliphatic carbocycles. The lowest BCUT2D eigenvalue weighted by molar-refractivity contribution is 0.240. The quantitative estimate of drug-likeness (QED) is 0.887. The van der Waals surface area contributed by atoms with E-state index in [-0.39, 0.29) is 6.10 Å². The maximum atomic E-state index is 6.06. The Balaban J connectivity index is 3.08. The Morgan fingerprint density at radius 2 is 2.00 bits per heavy atom. The first kappa shape index (κ1) is 12.6. The van der Waals surface area contributed by atoms with Gasteiger partial charge in [-0.1, -0.05) is 23.2 Å². The van der Waals surface area contributed by atoms with Gasteiger partial charge in [0, 0.05) is 5.02 Å². The van der Waals surface area contributed by atoms with Crippen LogP contribution in [-0.2, 0) is 6.42 Å². The molecule has 0 amide bonds. The molecule has 0 bridgehead atoms. The Morgan fingerprint density at radius 1 is 1.33 bits per heavy atom. The second-order valence-electron chi connectivity index (χ2n) is 3.58. The van der Waals surface area contributed by atoms with Crippen molar-refractivity contribution < 1.29 is 4.74 Å². The molecule has 1 aromatic rings. The number of hydrogen-bond donors (Lipinski definition) is 1. The van der Waals surface area contributed by atoms with Crippen molar-refractivity contribution in [2.24, 2.45) is 5.73 Å². The Hall–Kier alpha value is -0.440. The minimum atomic E-state index is 0.0835. The van der Waals surface area contributed by atoms with Crippen LogP contribution in [0.5, 0.6) is 5.75 Å². The topological polar surface area (TPSA) is 35.2 Å². The molecule has 0 fully saturated rings. The first-order chi connectivity index (χ1) is 7.04. The number of rotatable bonds is 4. The van der Waals surface area contributed by atoms with Gasteiger partial charge < -0.3 is 10.5 Å². The Bertz CT molecular complexity index is 340. The van der Waals surface area contributed by atoms with Crippen LogP contribution in [0.4, 0.5) is 0 Å². The molecule has 1 rings (SSSR count). The van der Waals surface area contributed by atoms with E-state index in [0.29, 0.717) is 28.8 Å². The van der Waals surface area contributed by atoms with Gasteiger partial charge in [0.1, 0.15) is 5.75 Å². The zero-order valence-corrected chi connectivity index (χ0v) is 10.4. The average molecular weight is 248 g/mol. The molecule has 0 heterocycles. The summed E-state index contributed by atoms with van der Waals surface area (Å²) in [6.07, 6.45) is 0.794. The Morgan fingerprint density at radius 3 is 2.53 bits per heavy atom. The van der Waals surface area contributed by atoms with Crippen LogP contribution >= 0.6 is 23.2 Å². The summed E-state index contributed by atoms with van der Waals surface area (Å²) in [4.78, 5) is 0. The van der Waals surface area contributed by atoms with E-state index < -0.39 is 0 Å². The van der Waals surface area contributed by atoms with Crippen molar-refractivity contribution in [3.8, 4) is 5.75 Å². The van der Waals surface area contributed by atoms with E-state index in [1.54, 1.807) is 6.07 Å². The molecule has 2 nitrogen and oxygen atoms in total. The second-order valence-corrected chi connectivity index (χ2v) is 4.42. The van der Waals surface area contributed by atoms with Gasteiger partial charge in [0.15, 0.2) is 0 Å². The lowest BCUT2D eigenvalue weighted by atomic mass is 10.1. The van der Waals surface area contributed by atoms with Gasteiger partial charge in [-0.3, -0.25) is 0 Å². The fraction of sp³-hybridized carbons (Fsp3) is 0.455. The van der Waals surface area contributed by atoms with Crippen molar-refractivity contribution in [1.82, 2.24) is 0 Å². The van der Waals surface area contributed by atoms with Gasteiger partial charge in [0.2, 0.25) is 0 Å². The third kappa shape index (κ3) is 3.56. The first-order valence-corrected chi connectivity index (χ1v) is 5.64. The van der Waals surface area contributed by atoms with Crippen molar-refractivity contribution >= 4 is 23.2 Å². The molecule has 0 saturated carbocycles. The largest absolute Gasteiger partial charge is 0.489 e. The maximum Gasteiger partial charge on any atom is 0.141 e. The monoisotopic (exact) mass is 247 g/mol. The number of hydrogen-bond acceptors (Lipinski definition) is 2. The van der Waals surface area contributed by atoms with Crippen LogP contribution < -0.4 is 10.5 Å². The molecular weight excluding hydrogens is 233 g/mol. The zero-order valence-electron chi connectivity index (χ0n) is 8.89. The van der Waals surface area contributed by atoms with Crippen molar-refractivity contribution in [3.63, 3.8) is 0 Å².